The fourth-order valence-electron chi connectivity index (χ4n) is 2.51. The summed E-state index contributed by atoms with van der Waals surface area (Å²) in [5, 5.41) is 15.0. The molecule has 5 heteroatoms. The Morgan fingerprint density at radius 1 is 1.53 bits per heavy atom. The summed E-state index contributed by atoms with van der Waals surface area (Å²) >= 11 is 0. The smallest absolute Gasteiger partial charge is 0.143 e. The Bertz CT molecular complexity index is 278. The van der Waals surface area contributed by atoms with Gasteiger partial charge in [-0.15, -0.1) is 0 Å². The lowest BCUT2D eigenvalue weighted by molar-refractivity contribution is 0.309. The van der Waals surface area contributed by atoms with Crippen LogP contribution in [0.25, 0.3) is 0 Å². The first-order chi connectivity index (χ1) is 8.20. The van der Waals surface area contributed by atoms with Gasteiger partial charge in [0, 0.05) is 25.0 Å². The molecule has 1 saturated carbocycles. The molecule has 0 bridgehead atoms. The van der Waals surface area contributed by atoms with E-state index >= 15 is 0 Å². The van der Waals surface area contributed by atoms with Gasteiger partial charge in [0.1, 0.15) is 5.84 Å². The molecule has 0 radical (unpaired) electrons. The van der Waals surface area contributed by atoms with Crippen LogP contribution in [0.3, 0.4) is 0 Å². The lowest BCUT2D eigenvalue weighted by Crippen LogP contribution is -2.34. The summed E-state index contributed by atoms with van der Waals surface area (Å²) < 4.78 is 0. The van der Waals surface area contributed by atoms with Crippen molar-refractivity contribution in [1.82, 2.24) is 10.2 Å². The van der Waals surface area contributed by atoms with Crippen molar-refractivity contribution in [1.29, 1.82) is 0 Å². The van der Waals surface area contributed by atoms with Crippen LogP contribution in [0.5, 0.6) is 0 Å². The molecule has 17 heavy (non-hydrogen) atoms. The largest absolute Gasteiger partial charge is 0.409 e. The maximum absolute atomic E-state index is 8.55. The summed E-state index contributed by atoms with van der Waals surface area (Å²) in [6, 6.07) is 0.899. The van der Waals surface area contributed by atoms with Gasteiger partial charge in [-0.25, -0.2) is 0 Å². The van der Waals surface area contributed by atoms with Crippen molar-refractivity contribution in [2.75, 3.05) is 26.2 Å². The number of likely N-dealkylation sites (tertiary alicyclic amines) is 1. The number of nitrogens with one attached hydrogen (secondary N) is 1. The molecule has 2 fully saturated rings. The van der Waals surface area contributed by atoms with Gasteiger partial charge in [0.25, 0.3) is 0 Å². The van der Waals surface area contributed by atoms with Crippen molar-refractivity contribution in [3.63, 3.8) is 0 Å². The van der Waals surface area contributed by atoms with Crippen LogP contribution in [0.1, 0.15) is 26.2 Å². The van der Waals surface area contributed by atoms with Gasteiger partial charge in [-0.05, 0) is 38.3 Å². The molecule has 0 amide bonds. The molecule has 98 valence electrons. The second kappa shape index (κ2) is 5.69. The lowest BCUT2D eigenvalue weighted by atomic mass is 10.1. The minimum Gasteiger partial charge on any atom is -0.409 e. The summed E-state index contributed by atoms with van der Waals surface area (Å²) in [6.07, 6.45) is 4.11. The molecule has 0 aromatic heterocycles. The Morgan fingerprint density at radius 2 is 2.29 bits per heavy atom. The standard InChI is InChI=1S/C12H24N4O/c1-9(12(13)15-17)6-14-7-10-4-5-16(8-10)11-2-3-11/h9-11,14,17H,2-8H2,1H3,(H2,13,15). The highest BCUT2D eigenvalue weighted by Crippen LogP contribution is 2.31. The molecule has 1 heterocycles. The maximum Gasteiger partial charge on any atom is 0.143 e. The van der Waals surface area contributed by atoms with Gasteiger partial charge in [-0.2, -0.15) is 0 Å². The van der Waals surface area contributed by atoms with Crippen LogP contribution >= 0.6 is 0 Å². The molecule has 4 N–H and O–H groups in total. The number of hydrogen-bond donors (Lipinski definition) is 3. The van der Waals surface area contributed by atoms with Crippen molar-refractivity contribution in [3.8, 4) is 0 Å². The average Bonchev–Trinajstić information content (AvgIpc) is 3.08. The zero-order valence-corrected chi connectivity index (χ0v) is 10.6. The van der Waals surface area contributed by atoms with Gasteiger partial charge in [-0.1, -0.05) is 12.1 Å². The third-order valence-electron chi connectivity index (χ3n) is 3.88. The quantitative estimate of drug-likeness (QED) is 0.273. The highest BCUT2D eigenvalue weighted by atomic mass is 16.4. The minimum atomic E-state index is 0.0981. The third kappa shape index (κ3) is 3.57. The Labute approximate surface area is 103 Å². The van der Waals surface area contributed by atoms with Crippen LogP contribution in [-0.4, -0.2) is 48.2 Å². The summed E-state index contributed by atoms with van der Waals surface area (Å²) in [5.74, 6) is 1.18. The number of rotatable bonds is 6. The van der Waals surface area contributed by atoms with E-state index in [9.17, 15) is 0 Å². The van der Waals surface area contributed by atoms with E-state index in [0.29, 0.717) is 5.84 Å². The molecule has 1 aliphatic heterocycles. The van der Waals surface area contributed by atoms with Crippen molar-refractivity contribution in [3.05, 3.63) is 0 Å². The number of amidine groups is 1. The van der Waals surface area contributed by atoms with E-state index in [2.05, 4.69) is 15.4 Å². The first kappa shape index (κ1) is 12.6. The number of hydrogen-bond acceptors (Lipinski definition) is 4. The van der Waals surface area contributed by atoms with Crippen LogP contribution in [0.15, 0.2) is 5.16 Å². The topological polar surface area (TPSA) is 73.9 Å². The van der Waals surface area contributed by atoms with Gasteiger partial charge in [-0.3, -0.25) is 0 Å². The zero-order chi connectivity index (χ0) is 12.3. The minimum absolute atomic E-state index is 0.0981. The van der Waals surface area contributed by atoms with E-state index in [4.69, 9.17) is 10.9 Å². The van der Waals surface area contributed by atoms with E-state index in [-0.39, 0.29) is 5.92 Å². The van der Waals surface area contributed by atoms with Crippen LogP contribution in [0, 0.1) is 11.8 Å². The Hall–Kier alpha value is -0.810. The molecule has 1 saturated heterocycles. The van der Waals surface area contributed by atoms with Gasteiger partial charge < -0.3 is 21.2 Å². The van der Waals surface area contributed by atoms with Gasteiger partial charge in [0.2, 0.25) is 0 Å². The second-order valence-corrected chi connectivity index (χ2v) is 5.46. The second-order valence-electron chi connectivity index (χ2n) is 5.46. The molecule has 1 aliphatic carbocycles. The monoisotopic (exact) mass is 240 g/mol. The molecule has 2 unspecified atom stereocenters. The van der Waals surface area contributed by atoms with Crippen molar-refractivity contribution >= 4 is 5.84 Å². The molecule has 5 nitrogen and oxygen atoms in total. The predicted octanol–water partition coefficient (Wildman–Crippen LogP) is 0.443. The fourth-order valence-corrected chi connectivity index (χ4v) is 2.51. The van der Waals surface area contributed by atoms with E-state index < -0.39 is 0 Å². The van der Waals surface area contributed by atoms with Crippen molar-refractivity contribution < 1.29 is 5.21 Å². The van der Waals surface area contributed by atoms with E-state index in [1.54, 1.807) is 0 Å². The molecule has 2 aliphatic rings. The number of oxime groups is 1. The molecule has 2 rings (SSSR count). The molecule has 0 aromatic carbocycles. The molecule has 0 aromatic rings. The summed E-state index contributed by atoms with van der Waals surface area (Å²) in [4.78, 5) is 2.62. The summed E-state index contributed by atoms with van der Waals surface area (Å²) in [5.41, 5.74) is 5.53. The molecular weight excluding hydrogens is 216 g/mol. The third-order valence-corrected chi connectivity index (χ3v) is 3.88. The highest BCUT2D eigenvalue weighted by molar-refractivity contribution is 5.82. The van der Waals surface area contributed by atoms with Crippen LogP contribution in [0.4, 0.5) is 0 Å². The number of nitrogens with zero attached hydrogens (tertiary/aromatic N) is 2. The Kier molecular flexibility index (Phi) is 4.23. The van der Waals surface area contributed by atoms with Gasteiger partial charge in [0.05, 0.1) is 0 Å². The highest BCUT2D eigenvalue weighted by Gasteiger charge is 2.33. The molecule has 0 spiro atoms. The normalized spacial score (nSPS) is 28.5. The van der Waals surface area contributed by atoms with E-state index in [0.717, 1.165) is 25.0 Å². The van der Waals surface area contributed by atoms with Gasteiger partial charge in [0.15, 0.2) is 0 Å². The SMILES string of the molecule is CC(CNCC1CCN(C2CC2)C1)C(N)=NO. The van der Waals surface area contributed by atoms with Crippen LogP contribution in [-0.2, 0) is 0 Å². The van der Waals surface area contributed by atoms with Crippen molar-refractivity contribution in [2.45, 2.75) is 32.2 Å². The average molecular weight is 240 g/mol. The number of nitrogens with two attached hydrogens (primary N) is 1. The summed E-state index contributed by atoms with van der Waals surface area (Å²) in [6.45, 7) is 6.32. The van der Waals surface area contributed by atoms with E-state index in [1.165, 1.54) is 32.4 Å². The maximum atomic E-state index is 8.55. The van der Waals surface area contributed by atoms with Crippen LogP contribution in [0.2, 0.25) is 0 Å². The molecular formula is C12H24N4O. The Morgan fingerprint density at radius 3 is 2.94 bits per heavy atom. The first-order valence-corrected chi connectivity index (χ1v) is 6.63. The fraction of sp³-hybridized carbons (Fsp3) is 0.917. The zero-order valence-electron chi connectivity index (χ0n) is 10.6. The first-order valence-electron chi connectivity index (χ1n) is 6.63. The molecule has 2 atom stereocenters. The van der Waals surface area contributed by atoms with Crippen LogP contribution < -0.4 is 11.1 Å². The van der Waals surface area contributed by atoms with Crippen molar-refractivity contribution in [2.24, 2.45) is 22.7 Å². The van der Waals surface area contributed by atoms with Gasteiger partial charge >= 0.3 is 0 Å². The lowest BCUT2D eigenvalue weighted by Gasteiger charge is -2.16. The van der Waals surface area contributed by atoms with E-state index in [1.807, 2.05) is 6.92 Å². The predicted molar refractivity (Wildman–Crippen MR) is 68.1 cm³/mol. The summed E-state index contributed by atoms with van der Waals surface area (Å²) in [7, 11) is 0. The Balaban J connectivity index is 1.59.